The Morgan fingerprint density at radius 1 is 1.19 bits per heavy atom. The summed E-state index contributed by atoms with van der Waals surface area (Å²) in [6, 6.07) is 11.9. The smallest absolute Gasteiger partial charge is 0.349 e. The van der Waals surface area contributed by atoms with Gasteiger partial charge in [-0.1, -0.05) is 24.8 Å². The van der Waals surface area contributed by atoms with Crippen LogP contribution in [0.25, 0.3) is 10.9 Å². The maximum atomic E-state index is 12.4. The lowest BCUT2D eigenvalue weighted by Crippen LogP contribution is -2.32. The molecule has 3 aromatic rings. The molecule has 7 nitrogen and oxygen atoms in total. The van der Waals surface area contributed by atoms with Crippen LogP contribution in [0.1, 0.15) is 5.56 Å². The molecule has 2 aromatic carbocycles. The van der Waals surface area contributed by atoms with Crippen LogP contribution in [0.4, 0.5) is 0 Å². The van der Waals surface area contributed by atoms with Crippen LogP contribution in [0.2, 0.25) is 0 Å². The van der Waals surface area contributed by atoms with Gasteiger partial charge < -0.3 is 14.5 Å². The lowest BCUT2D eigenvalue weighted by atomic mass is 10.2. The number of para-hydroxylation sites is 1. The molecule has 0 saturated carbocycles. The van der Waals surface area contributed by atoms with Crippen LogP contribution in [0, 0.1) is 0 Å². The van der Waals surface area contributed by atoms with Crippen molar-refractivity contribution in [2.75, 3.05) is 13.7 Å². The topological polar surface area (TPSA) is 85.7 Å². The molecular formula is C19H17N3O4. The number of nitrogens with one attached hydrogen (secondary N) is 1. The lowest BCUT2D eigenvalue weighted by Gasteiger charge is -2.09. The van der Waals surface area contributed by atoms with Gasteiger partial charge in [0.05, 0.1) is 24.2 Å². The summed E-state index contributed by atoms with van der Waals surface area (Å²) >= 11 is 0. The summed E-state index contributed by atoms with van der Waals surface area (Å²) < 4.78 is 11.6. The average Bonchev–Trinajstić information content (AvgIpc) is 2.66. The molecule has 0 spiro atoms. The van der Waals surface area contributed by atoms with Crippen LogP contribution in [-0.2, 0) is 0 Å². The highest BCUT2D eigenvalue weighted by Gasteiger charge is 2.07. The third kappa shape index (κ3) is 3.41. The average molecular weight is 351 g/mol. The molecule has 0 saturated heterocycles. The maximum absolute atomic E-state index is 12.4. The highest BCUT2D eigenvalue weighted by molar-refractivity contribution is 5.81. The predicted octanol–water partition coefficient (Wildman–Crippen LogP) is 2.15. The fourth-order valence-corrected chi connectivity index (χ4v) is 2.41. The summed E-state index contributed by atoms with van der Waals surface area (Å²) in [5.74, 6) is 1.07. The van der Waals surface area contributed by atoms with Gasteiger partial charge in [0.25, 0.3) is 5.56 Å². The molecule has 0 unspecified atom stereocenters. The maximum Gasteiger partial charge on any atom is 0.349 e. The first kappa shape index (κ1) is 17.2. The number of hydrogen-bond donors (Lipinski definition) is 1. The van der Waals surface area contributed by atoms with Gasteiger partial charge in [0.15, 0.2) is 11.5 Å². The largest absolute Gasteiger partial charge is 0.493 e. The summed E-state index contributed by atoms with van der Waals surface area (Å²) in [6.45, 7) is 3.95. The monoisotopic (exact) mass is 351 g/mol. The molecule has 1 heterocycles. The van der Waals surface area contributed by atoms with Gasteiger partial charge in [0, 0.05) is 0 Å². The summed E-state index contributed by atoms with van der Waals surface area (Å²) in [6.07, 6.45) is 3.04. The van der Waals surface area contributed by atoms with Crippen molar-refractivity contribution in [3.8, 4) is 11.5 Å². The molecule has 26 heavy (non-hydrogen) atoms. The van der Waals surface area contributed by atoms with E-state index in [9.17, 15) is 9.59 Å². The first-order chi connectivity index (χ1) is 12.6. The summed E-state index contributed by atoms with van der Waals surface area (Å²) in [7, 11) is 1.52. The van der Waals surface area contributed by atoms with Gasteiger partial charge in [-0.25, -0.2) is 4.79 Å². The zero-order chi connectivity index (χ0) is 18.5. The highest BCUT2D eigenvalue weighted by Crippen LogP contribution is 2.27. The third-order valence-electron chi connectivity index (χ3n) is 3.65. The van der Waals surface area contributed by atoms with Crippen LogP contribution in [0.15, 0.2) is 69.8 Å². The second-order valence-electron chi connectivity index (χ2n) is 5.35. The molecule has 0 radical (unpaired) electrons. The van der Waals surface area contributed by atoms with Crippen molar-refractivity contribution < 1.29 is 9.47 Å². The van der Waals surface area contributed by atoms with E-state index in [0.29, 0.717) is 34.6 Å². The fraction of sp³-hybridized carbons (Fsp3) is 0.105. The second kappa shape index (κ2) is 7.52. The van der Waals surface area contributed by atoms with Gasteiger partial charge in [0.2, 0.25) is 0 Å². The molecule has 0 amide bonds. The zero-order valence-electron chi connectivity index (χ0n) is 14.1. The van der Waals surface area contributed by atoms with Crippen molar-refractivity contribution >= 4 is 17.1 Å². The fourth-order valence-electron chi connectivity index (χ4n) is 2.41. The van der Waals surface area contributed by atoms with Crippen LogP contribution < -0.4 is 20.7 Å². The van der Waals surface area contributed by atoms with Crippen LogP contribution in [0.3, 0.4) is 0 Å². The SMILES string of the molecule is C=CCOc1ccc(C=Nn2c(=O)[nH]c3ccccc3c2=O)cc1OC. The van der Waals surface area contributed by atoms with Crippen molar-refractivity contribution in [3.05, 3.63) is 81.5 Å². The molecule has 0 aliphatic heterocycles. The van der Waals surface area contributed by atoms with E-state index >= 15 is 0 Å². The molecule has 0 atom stereocenters. The van der Waals surface area contributed by atoms with Gasteiger partial charge in [0.1, 0.15) is 6.61 Å². The number of aromatic nitrogens is 2. The number of H-pyrrole nitrogens is 1. The van der Waals surface area contributed by atoms with E-state index in [1.165, 1.54) is 13.3 Å². The number of benzene rings is 2. The predicted molar refractivity (Wildman–Crippen MR) is 101 cm³/mol. The van der Waals surface area contributed by atoms with E-state index in [-0.39, 0.29) is 0 Å². The lowest BCUT2D eigenvalue weighted by molar-refractivity contribution is 0.326. The number of rotatable bonds is 6. The molecule has 0 aliphatic carbocycles. The summed E-state index contributed by atoms with van der Waals surface area (Å²) in [5.41, 5.74) is 0.0213. The minimum Gasteiger partial charge on any atom is -0.493 e. The number of methoxy groups -OCH3 is 1. The van der Waals surface area contributed by atoms with Gasteiger partial charge in [-0.05, 0) is 35.9 Å². The Hall–Kier alpha value is -3.61. The second-order valence-corrected chi connectivity index (χ2v) is 5.35. The summed E-state index contributed by atoms with van der Waals surface area (Å²) in [5, 5.41) is 4.40. The van der Waals surface area contributed by atoms with Crippen LogP contribution in [-0.4, -0.2) is 29.6 Å². The number of hydrogen-bond acceptors (Lipinski definition) is 5. The van der Waals surface area contributed by atoms with Crippen molar-refractivity contribution in [3.63, 3.8) is 0 Å². The molecule has 1 aromatic heterocycles. The van der Waals surface area contributed by atoms with E-state index in [1.807, 2.05) is 0 Å². The van der Waals surface area contributed by atoms with Crippen molar-refractivity contribution in [2.24, 2.45) is 5.10 Å². The summed E-state index contributed by atoms with van der Waals surface area (Å²) in [4.78, 5) is 27.2. The van der Waals surface area contributed by atoms with Crippen LogP contribution in [0.5, 0.6) is 11.5 Å². The molecular weight excluding hydrogens is 334 g/mol. The molecule has 0 aliphatic rings. The number of ether oxygens (including phenoxy) is 2. The Morgan fingerprint density at radius 3 is 2.77 bits per heavy atom. The number of fused-ring (bicyclic) bond motifs is 1. The molecule has 3 rings (SSSR count). The minimum absolute atomic E-state index is 0.353. The number of aromatic amines is 1. The van der Waals surface area contributed by atoms with Gasteiger partial charge in [-0.3, -0.25) is 4.79 Å². The molecule has 0 fully saturated rings. The Balaban J connectivity index is 1.98. The van der Waals surface area contributed by atoms with E-state index in [1.54, 1.807) is 48.5 Å². The minimum atomic E-state index is -0.608. The quantitative estimate of drug-likeness (QED) is 0.545. The standard InChI is InChI=1S/C19H17N3O4/c1-3-10-26-16-9-8-13(11-17(16)25-2)12-20-22-18(23)14-6-4-5-7-15(14)21-19(22)24/h3-9,11-12H,1,10H2,2H3,(H,21,24). The van der Waals surface area contributed by atoms with E-state index in [2.05, 4.69) is 16.7 Å². The Morgan fingerprint density at radius 2 is 2.00 bits per heavy atom. The Labute approximate surface area is 148 Å². The van der Waals surface area contributed by atoms with Crippen LogP contribution >= 0.6 is 0 Å². The Bertz CT molecular complexity index is 1100. The molecule has 1 N–H and O–H groups in total. The zero-order valence-corrected chi connectivity index (χ0v) is 14.1. The highest BCUT2D eigenvalue weighted by atomic mass is 16.5. The van der Waals surface area contributed by atoms with Gasteiger partial charge >= 0.3 is 5.69 Å². The number of nitrogens with zero attached hydrogens (tertiary/aromatic N) is 2. The van der Waals surface area contributed by atoms with E-state index in [0.717, 1.165) is 4.68 Å². The van der Waals surface area contributed by atoms with Crippen molar-refractivity contribution in [1.82, 2.24) is 9.66 Å². The molecule has 0 bridgehead atoms. The normalized spacial score (nSPS) is 11.0. The first-order valence-corrected chi connectivity index (χ1v) is 7.84. The van der Waals surface area contributed by atoms with Gasteiger partial charge in [-0.2, -0.15) is 5.10 Å². The third-order valence-corrected chi connectivity index (χ3v) is 3.65. The van der Waals surface area contributed by atoms with E-state index in [4.69, 9.17) is 9.47 Å². The van der Waals surface area contributed by atoms with Crippen molar-refractivity contribution in [2.45, 2.75) is 0 Å². The van der Waals surface area contributed by atoms with E-state index < -0.39 is 11.2 Å². The van der Waals surface area contributed by atoms with Gasteiger partial charge in [-0.15, -0.1) is 4.68 Å². The Kier molecular flexibility index (Phi) is 4.98. The first-order valence-electron chi connectivity index (χ1n) is 7.84. The van der Waals surface area contributed by atoms with Crippen molar-refractivity contribution in [1.29, 1.82) is 0 Å². The molecule has 132 valence electrons. The molecule has 7 heteroatoms.